The Bertz CT molecular complexity index is 812. The van der Waals surface area contributed by atoms with E-state index >= 15 is 0 Å². The number of anilines is 2. The highest BCUT2D eigenvalue weighted by molar-refractivity contribution is 9.10. The zero-order chi connectivity index (χ0) is 17.9. The van der Waals surface area contributed by atoms with Crippen LogP contribution in [0.5, 0.6) is 0 Å². The Labute approximate surface area is 145 Å². The summed E-state index contributed by atoms with van der Waals surface area (Å²) in [5.41, 5.74) is -0.104. The average Bonchev–Trinajstić information content (AvgIpc) is 2.49. The SMILES string of the molecule is CN(C)/C=C/c1nc(Nc2ccc(F)cc2F)c(Br)cc1[N+](=O)[O-]. The number of pyridine rings is 1. The first kappa shape index (κ1) is 17.8. The van der Waals surface area contributed by atoms with Crippen LogP contribution >= 0.6 is 15.9 Å². The van der Waals surface area contributed by atoms with Crippen LogP contribution in [0.4, 0.5) is 26.0 Å². The Kier molecular flexibility index (Phi) is 5.45. The van der Waals surface area contributed by atoms with Gasteiger partial charge < -0.3 is 10.2 Å². The lowest BCUT2D eigenvalue weighted by Gasteiger charge is -2.10. The summed E-state index contributed by atoms with van der Waals surface area (Å²) < 4.78 is 27.0. The van der Waals surface area contributed by atoms with Crippen molar-refractivity contribution >= 4 is 39.2 Å². The Morgan fingerprint density at radius 3 is 2.62 bits per heavy atom. The smallest absolute Gasteiger partial charge is 0.296 e. The molecule has 1 aromatic carbocycles. The molecule has 1 N–H and O–H groups in total. The molecule has 0 bridgehead atoms. The average molecular weight is 399 g/mol. The van der Waals surface area contributed by atoms with Gasteiger partial charge in [0, 0.05) is 32.4 Å². The molecule has 0 fully saturated rings. The standard InChI is InChI=1S/C15H13BrF2N4O2/c1-21(2)6-5-13-14(22(23)24)8-10(16)15(20-13)19-12-4-3-9(17)7-11(12)18/h3-8H,1-2H3,(H,19,20)/b6-5+. The van der Waals surface area contributed by atoms with Gasteiger partial charge in [-0.05, 0) is 34.1 Å². The molecule has 0 amide bonds. The van der Waals surface area contributed by atoms with E-state index in [0.29, 0.717) is 0 Å². The molecule has 1 aromatic heterocycles. The normalized spacial score (nSPS) is 10.9. The molecule has 2 aromatic rings. The summed E-state index contributed by atoms with van der Waals surface area (Å²) >= 11 is 3.17. The van der Waals surface area contributed by atoms with E-state index in [0.717, 1.165) is 12.1 Å². The summed E-state index contributed by atoms with van der Waals surface area (Å²) in [6, 6.07) is 4.31. The lowest BCUT2D eigenvalue weighted by Crippen LogP contribution is -2.04. The van der Waals surface area contributed by atoms with Crippen LogP contribution in [0, 0.1) is 21.7 Å². The molecular weight excluding hydrogens is 386 g/mol. The highest BCUT2D eigenvalue weighted by Crippen LogP contribution is 2.31. The molecule has 126 valence electrons. The van der Waals surface area contributed by atoms with E-state index in [4.69, 9.17) is 0 Å². The van der Waals surface area contributed by atoms with Gasteiger partial charge in [0.15, 0.2) is 0 Å². The summed E-state index contributed by atoms with van der Waals surface area (Å²) in [6.45, 7) is 0. The van der Waals surface area contributed by atoms with Gasteiger partial charge in [0.1, 0.15) is 23.1 Å². The van der Waals surface area contributed by atoms with Crippen molar-refractivity contribution in [1.29, 1.82) is 0 Å². The molecule has 0 atom stereocenters. The van der Waals surface area contributed by atoms with Crippen LogP contribution < -0.4 is 5.32 Å². The van der Waals surface area contributed by atoms with Crippen LogP contribution in [0.3, 0.4) is 0 Å². The number of benzene rings is 1. The summed E-state index contributed by atoms with van der Waals surface area (Å²) in [6.07, 6.45) is 3.07. The van der Waals surface area contributed by atoms with Crippen LogP contribution in [0.25, 0.3) is 6.08 Å². The zero-order valence-corrected chi connectivity index (χ0v) is 14.3. The number of aromatic nitrogens is 1. The number of nitrogens with one attached hydrogen (secondary N) is 1. The van der Waals surface area contributed by atoms with Crippen molar-refractivity contribution < 1.29 is 13.7 Å². The van der Waals surface area contributed by atoms with Crippen LogP contribution in [0.15, 0.2) is 34.9 Å². The molecule has 2 rings (SSSR count). The van der Waals surface area contributed by atoms with Gasteiger partial charge in [0.2, 0.25) is 0 Å². The van der Waals surface area contributed by atoms with Gasteiger partial charge in [0.25, 0.3) is 5.69 Å². The third-order valence-electron chi connectivity index (χ3n) is 2.90. The number of rotatable bonds is 5. The van der Waals surface area contributed by atoms with Crippen LogP contribution in [0.1, 0.15) is 5.69 Å². The minimum atomic E-state index is -0.799. The monoisotopic (exact) mass is 398 g/mol. The summed E-state index contributed by atoms with van der Waals surface area (Å²) in [5, 5.41) is 13.8. The lowest BCUT2D eigenvalue weighted by molar-refractivity contribution is -0.385. The Morgan fingerprint density at radius 1 is 1.33 bits per heavy atom. The van der Waals surface area contributed by atoms with Crippen molar-refractivity contribution in [1.82, 2.24) is 9.88 Å². The maximum Gasteiger partial charge on any atom is 0.296 e. The molecular formula is C15H13BrF2N4O2. The van der Waals surface area contributed by atoms with Crippen LogP contribution in [-0.4, -0.2) is 28.9 Å². The molecule has 0 spiro atoms. The number of hydrogen-bond acceptors (Lipinski definition) is 5. The van der Waals surface area contributed by atoms with Gasteiger partial charge in [-0.1, -0.05) is 0 Å². The number of nitro groups is 1. The molecule has 24 heavy (non-hydrogen) atoms. The van der Waals surface area contributed by atoms with E-state index in [9.17, 15) is 18.9 Å². The number of hydrogen-bond donors (Lipinski definition) is 1. The predicted octanol–water partition coefficient (Wildman–Crippen LogP) is 4.31. The summed E-state index contributed by atoms with van der Waals surface area (Å²) in [5.74, 6) is -1.33. The van der Waals surface area contributed by atoms with Gasteiger partial charge in [-0.15, -0.1) is 0 Å². The van der Waals surface area contributed by atoms with E-state index in [1.54, 1.807) is 25.2 Å². The Morgan fingerprint density at radius 2 is 2.04 bits per heavy atom. The summed E-state index contributed by atoms with van der Waals surface area (Å²) in [7, 11) is 3.52. The third kappa shape index (κ3) is 4.25. The highest BCUT2D eigenvalue weighted by atomic mass is 79.9. The lowest BCUT2D eigenvalue weighted by atomic mass is 10.2. The summed E-state index contributed by atoms with van der Waals surface area (Å²) in [4.78, 5) is 16.4. The molecule has 0 unspecified atom stereocenters. The molecule has 1 heterocycles. The third-order valence-corrected chi connectivity index (χ3v) is 3.50. The molecule has 9 heteroatoms. The van der Waals surface area contributed by atoms with Crippen molar-refractivity contribution in [2.45, 2.75) is 0 Å². The van der Waals surface area contributed by atoms with Crippen molar-refractivity contribution in [3.8, 4) is 0 Å². The minimum Gasteiger partial charge on any atom is -0.383 e. The van der Waals surface area contributed by atoms with Gasteiger partial charge in [-0.3, -0.25) is 10.1 Å². The molecule has 0 aliphatic carbocycles. The quantitative estimate of drug-likeness (QED) is 0.600. The molecule has 0 saturated heterocycles. The van der Waals surface area contributed by atoms with Gasteiger partial charge >= 0.3 is 0 Å². The van der Waals surface area contributed by atoms with Gasteiger partial charge in [0.05, 0.1) is 15.1 Å². The number of halogens is 3. The zero-order valence-electron chi connectivity index (χ0n) is 12.8. The van der Waals surface area contributed by atoms with Crippen molar-refractivity contribution in [2.75, 3.05) is 19.4 Å². The molecule has 0 saturated carbocycles. The van der Waals surface area contributed by atoms with Crippen LogP contribution in [-0.2, 0) is 0 Å². The van der Waals surface area contributed by atoms with E-state index in [1.807, 2.05) is 0 Å². The fourth-order valence-electron chi connectivity index (χ4n) is 1.79. The minimum absolute atomic E-state index is 0.000919. The number of nitrogens with zero attached hydrogens (tertiary/aromatic N) is 3. The maximum atomic E-state index is 13.8. The first-order valence-corrected chi connectivity index (χ1v) is 7.49. The van der Waals surface area contributed by atoms with Gasteiger partial charge in [-0.2, -0.15) is 0 Å². The first-order chi connectivity index (χ1) is 11.3. The van der Waals surface area contributed by atoms with Crippen LogP contribution in [0.2, 0.25) is 0 Å². The second kappa shape index (κ2) is 7.35. The first-order valence-electron chi connectivity index (χ1n) is 6.69. The fraction of sp³-hybridized carbons (Fsp3) is 0.133. The predicted molar refractivity (Wildman–Crippen MR) is 91.0 cm³/mol. The molecule has 0 aliphatic rings. The second-order valence-electron chi connectivity index (χ2n) is 5.01. The highest BCUT2D eigenvalue weighted by Gasteiger charge is 2.18. The van der Waals surface area contributed by atoms with Gasteiger partial charge in [-0.25, -0.2) is 13.8 Å². The Balaban J connectivity index is 2.46. The van der Waals surface area contributed by atoms with Crippen molar-refractivity contribution in [3.05, 3.63) is 62.4 Å². The fourth-order valence-corrected chi connectivity index (χ4v) is 2.19. The molecule has 6 nitrogen and oxygen atoms in total. The Hall–Kier alpha value is -2.55. The van der Waals surface area contributed by atoms with E-state index in [2.05, 4.69) is 26.2 Å². The molecule has 0 radical (unpaired) electrons. The second-order valence-corrected chi connectivity index (χ2v) is 5.86. The molecule has 0 aliphatic heterocycles. The topological polar surface area (TPSA) is 71.3 Å². The van der Waals surface area contributed by atoms with E-state index in [1.165, 1.54) is 18.2 Å². The van der Waals surface area contributed by atoms with Crippen molar-refractivity contribution in [2.24, 2.45) is 0 Å². The van der Waals surface area contributed by atoms with Crippen molar-refractivity contribution in [3.63, 3.8) is 0 Å². The maximum absolute atomic E-state index is 13.8. The van der Waals surface area contributed by atoms with E-state index in [-0.39, 0.29) is 27.4 Å². The van der Waals surface area contributed by atoms with E-state index < -0.39 is 16.6 Å². The largest absolute Gasteiger partial charge is 0.383 e.